The molecule has 3 heteroatoms. The molecule has 2 rings (SSSR count). The summed E-state index contributed by atoms with van der Waals surface area (Å²) < 4.78 is 5.97. The van der Waals surface area contributed by atoms with E-state index in [-0.39, 0.29) is 0 Å². The maximum absolute atomic E-state index is 5.97. The van der Waals surface area contributed by atoms with Gasteiger partial charge < -0.3 is 9.64 Å². The van der Waals surface area contributed by atoms with Gasteiger partial charge in [-0.1, -0.05) is 32.0 Å². The SMILES string of the molecule is CC(C)c1ccccc1OCCN1CCN(C)CC1. The van der Waals surface area contributed by atoms with E-state index in [1.165, 1.54) is 18.7 Å². The Balaban J connectivity index is 1.79. The maximum atomic E-state index is 5.97. The summed E-state index contributed by atoms with van der Waals surface area (Å²) in [7, 11) is 2.19. The summed E-state index contributed by atoms with van der Waals surface area (Å²) in [6, 6.07) is 8.38. The summed E-state index contributed by atoms with van der Waals surface area (Å²) in [5.41, 5.74) is 1.31. The molecule has 1 heterocycles. The molecule has 1 aliphatic rings. The first-order valence-corrected chi connectivity index (χ1v) is 7.29. The third kappa shape index (κ3) is 4.22. The molecular formula is C16H26N2O. The molecule has 0 saturated carbocycles. The Morgan fingerprint density at radius 1 is 1.11 bits per heavy atom. The van der Waals surface area contributed by atoms with Crippen molar-refractivity contribution in [2.75, 3.05) is 46.4 Å². The highest BCUT2D eigenvalue weighted by Crippen LogP contribution is 2.25. The average Bonchev–Trinajstić information content (AvgIpc) is 2.41. The molecule has 19 heavy (non-hydrogen) atoms. The van der Waals surface area contributed by atoms with Crippen molar-refractivity contribution < 1.29 is 4.74 Å². The van der Waals surface area contributed by atoms with Crippen molar-refractivity contribution in [1.82, 2.24) is 9.80 Å². The zero-order valence-corrected chi connectivity index (χ0v) is 12.4. The van der Waals surface area contributed by atoms with Gasteiger partial charge in [-0.25, -0.2) is 0 Å². The van der Waals surface area contributed by atoms with Crippen LogP contribution in [0.15, 0.2) is 24.3 Å². The lowest BCUT2D eigenvalue weighted by Gasteiger charge is -2.32. The summed E-state index contributed by atoms with van der Waals surface area (Å²) in [4.78, 5) is 4.86. The van der Waals surface area contributed by atoms with Gasteiger partial charge in [0.2, 0.25) is 0 Å². The van der Waals surface area contributed by atoms with E-state index in [1.807, 2.05) is 0 Å². The molecule has 0 bridgehead atoms. The number of rotatable bonds is 5. The molecule has 1 aliphatic heterocycles. The van der Waals surface area contributed by atoms with Gasteiger partial charge in [0.05, 0.1) is 0 Å². The number of hydrogen-bond donors (Lipinski definition) is 0. The summed E-state index contributed by atoms with van der Waals surface area (Å²) in [5.74, 6) is 1.56. The van der Waals surface area contributed by atoms with Crippen molar-refractivity contribution in [1.29, 1.82) is 0 Å². The maximum Gasteiger partial charge on any atom is 0.122 e. The molecule has 0 aliphatic carbocycles. The molecule has 1 aromatic carbocycles. The number of ether oxygens (including phenoxy) is 1. The van der Waals surface area contributed by atoms with Gasteiger partial charge in [0.1, 0.15) is 12.4 Å². The van der Waals surface area contributed by atoms with Gasteiger partial charge in [0.15, 0.2) is 0 Å². The first-order chi connectivity index (χ1) is 9.16. The van der Waals surface area contributed by atoms with E-state index < -0.39 is 0 Å². The Morgan fingerprint density at radius 3 is 2.47 bits per heavy atom. The predicted molar refractivity (Wildman–Crippen MR) is 80.0 cm³/mol. The Bertz CT molecular complexity index is 384. The van der Waals surface area contributed by atoms with E-state index in [2.05, 4.69) is 55.0 Å². The lowest BCUT2D eigenvalue weighted by molar-refractivity contribution is 0.133. The molecule has 0 aromatic heterocycles. The van der Waals surface area contributed by atoms with Crippen molar-refractivity contribution in [2.24, 2.45) is 0 Å². The molecule has 0 N–H and O–H groups in total. The van der Waals surface area contributed by atoms with Crippen LogP contribution in [0.3, 0.4) is 0 Å². The molecule has 0 amide bonds. The molecule has 106 valence electrons. The van der Waals surface area contributed by atoms with Gasteiger partial charge >= 0.3 is 0 Å². The molecule has 0 radical (unpaired) electrons. The minimum absolute atomic E-state index is 0.514. The van der Waals surface area contributed by atoms with E-state index in [0.717, 1.165) is 32.0 Å². The molecule has 1 fully saturated rings. The number of para-hydroxylation sites is 1. The van der Waals surface area contributed by atoms with E-state index in [9.17, 15) is 0 Å². The van der Waals surface area contributed by atoms with Gasteiger partial charge in [-0.15, -0.1) is 0 Å². The fourth-order valence-corrected chi connectivity index (χ4v) is 2.45. The quantitative estimate of drug-likeness (QED) is 0.810. The zero-order valence-electron chi connectivity index (χ0n) is 12.4. The summed E-state index contributed by atoms with van der Waals surface area (Å²) >= 11 is 0. The van der Waals surface area contributed by atoms with Crippen LogP contribution in [-0.4, -0.2) is 56.2 Å². The van der Waals surface area contributed by atoms with Crippen molar-refractivity contribution in [3.8, 4) is 5.75 Å². The highest BCUT2D eigenvalue weighted by Gasteiger charge is 2.13. The lowest BCUT2D eigenvalue weighted by Crippen LogP contribution is -2.45. The molecule has 0 spiro atoms. The number of piperazine rings is 1. The number of likely N-dealkylation sites (N-methyl/N-ethyl adjacent to an activating group) is 1. The second kappa shape index (κ2) is 6.92. The first kappa shape index (κ1) is 14.4. The Morgan fingerprint density at radius 2 is 1.79 bits per heavy atom. The molecule has 1 saturated heterocycles. The van der Waals surface area contributed by atoms with Crippen LogP contribution in [0.1, 0.15) is 25.3 Å². The minimum Gasteiger partial charge on any atom is -0.492 e. The van der Waals surface area contributed by atoms with Gasteiger partial charge in [-0.05, 0) is 24.6 Å². The van der Waals surface area contributed by atoms with E-state index in [1.54, 1.807) is 0 Å². The third-order valence-electron chi connectivity index (χ3n) is 3.80. The highest BCUT2D eigenvalue weighted by molar-refractivity contribution is 5.35. The Kier molecular flexibility index (Phi) is 5.23. The van der Waals surface area contributed by atoms with Crippen molar-refractivity contribution in [2.45, 2.75) is 19.8 Å². The first-order valence-electron chi connectivity index (χ1n) is 7.29. The van der Waals surface area contributed by atoms with Gasteiger partial charge in [0, 0.05) is 32.7 Å². The summed E-state index contributed by atoms with van der Waals surface area (Å²) in [5, 5.41) is 0. The Hall–Kier alpha value is -1.06. The lowest BCUT2D eigenvalue weighted by atomic mass is 10.0. The molecule has 3 nitrogen and oxygen atoms in total. The standard InChI is InChI=1S/C16H26N2O/c1-14(2)15-6-4-5-7-16(15)19-13-12-18-10-8-17(3)9-11-18/h4-7,14H,8-13H2,1-3H3. The van der Waals surface area contributed by atoms with Crippen LogP contribution in [0, 0.1) is 0 Å². The van der Waals surface area contributed by atoms with Crippen LogP contribution in [0.25, 0.3) is 0 Å². The normalized spacial score (nSPS) is 17.9. The number of benzene rings is 1. The fraction of sp³-hybridized carbons (Fsp3) is 0.625. The summed E-state index contributed by atoms with van der Waals surface area (Å²) in [6.07, 6.45) is 0. The van der Waals surface area contributed by atoms with Gasteiger partial charge in [-0.2, -0.15) is 0 Å². The minimum atomic E-state index is 0.514. The van der Waals surface area contributed by atoms with Gasteiger partial charge in [0.25, 0.3) is 0 Å². The monoisotopic (exact) mass is 262 g/mol. The fourth-order valence-electron chi connectivity index (χ4n) is 2.45. The largest absolute Gasteiger partial charge is 0.492 e. The van der Waals surface area contributed by atoms with Gasteiger partial charge in [-0.3, -0.25) is 4.90 Å². The van der Waals surface area contributed by atoms with Crippen molar-refractivity contribution in [3.05, 3.63) is 29.8 Å². The van der Waals surface area contributed by atoms with Crippen LogP contribution in [0.4, 0.5) is 0 Å². The third-order valence-corrected chi connectivity index (χ3v) is 3.80. The van der Waals surface area contributed by atoms with Crippen molar-refractivity contribution in [3.63, 3.8) is 0 Å². The number of hydrogen-bond acceptors (Lipinski definition) is 3. The van der Waals surface area contributed by atoms with Crippen molar-refractivity contribution >= 4 is 0 Å². The second-order valence-corrected chi connectivity index (χ2v) is 5.69. The topological polar surface area (TPSA) is 15.7 Å². The van der Waals surface area contributed by atoms with Crippen LogP contribution < -0.4 is 4.74 Å². The van der Waals surface area contributed by atoms with E-state index >= 15 is 0 Å². The summed E-state index contributed by atoms with van der Waals surface area (Å²) in [6.45, 7) is 10.9. The molecular weight excluding hydrogens is 236 g/mol. The highest BCUT2D eigenvalue weighted by atomic mass is 16.5. The van der Waals surface area contributed by atoms with Crippen LogP contribution in [0.2, 0.25) is 0 Å². The smallest absolute Gasteiger partial charge is 0.122 e. The molecule has 1 aromatic rings. The van der Waals surface area contributed by atoms with Crippen LogP contribution >= 0.6 is 0 Å². The second-order valence-electron chi connectivity index (χ2n) is 5.69. The van der Waals surface area contributed by atoms with Crippen LogP contribution in [0.5, 0.6) is 5.75 Å². The number of nitrogens with zero attached hydrogens (tertiary/aromatic N) is 2. The average molecular weight is 262 g/mol. The molecule has 0 unspecified atom stereocenters. The predicted octanol–water partition coefficient (Wildman–Crippen LogP) is 2.44. The van der Waals surface area contributed by atoms with E-state index in [4.69, 9.17) is 4.74 Å². The molecule has 0 atom stereocenters. The zero-order chi connectivity index (χ0) is 13.7. The Labute approximate surface area is 117 Å². The van der Waals surface area contributed by atoms with Crippen LogP contribution in [-0.2, 0) is 0 Å². The van der Waals surface area contributed by atoms with E-state index in [0.29, 0.717) is 5.92 Å².